The molecule has 1 aromatic rings. The first kappa shape index (κ1) is 11.9. The van der Waals surface area contributed by atoms with Gasteiger partial charge >= 0.3 is 0 Å². The van der Waals surface area contributed by atoms with Crippen molar-refractivity contribution in [1.82, 2.24) is 0 Å². The van der Waals surface area contributed by atoms with Gasteiger partial charge in [0, 0.05) is 5.69 Å². The molecule has 0 saturated carbocycles. The Hall–Kier alpha value is -1.58. The monoisotopic (exact) mass is 249 g/mol. The molecule has 0 aromatic heterocycles. The van der Waals surface area contributed by atoms with E-state index < -0.39 is 11.0 Å². The van der Waals surface area contributed by atoms with Crippen molar-refractivity contribution in [2.24, 2.45) is 5.92 Å². The van der Waals surface area contributed by atoms with Crippen LogP contribution in [0.1, 0.15) is 0 Å². The smallest absolute Gasteiger partial charge is 0.235 e. The average Bonchev–Trinajstić information content (AvgIpc) is 2.29. The third-order valence-electron chi connectivity index (χ3n) is 2.50. The number of carbonyl (C=O) groups is 1. The fraction of sp³-hybridized carbons (Fsp3) is 0.154. The number of amides is 1. The molecule has 2 atom stereocenters. The minimum atomic E-state index is -1.66. The van der Waals surface area contributed by atoms with E-state index in [1.165, 1.54) is 6.08 Å². The fourth-order valence-electron chi connectivity index (χ4n) is 1.62. The number of nitrogens with one attached hydrogen (secondary N) is 1. The van der Waals surface area contributed by atoms with Gasteiger partial charge in [-0.3, -0.25) is 4.79 Å². The van der Waals surface area contributed by atoms with Crippen molar-refractivity contribution in [3.63, 3.8) is 0 Å². The third-order valence-corrected chi connectivity index (χ3v) is 2.87. The topological polar surface area (TPSA) is 49.3 Å². The number of hydrogen-bond acceptors (Lipinski definition) is 2. The SMILES string of the molecule is O=C(Nc1ccccc1)C1C=CC=CC1(O)Cl. The number of carbonyl (C=O) groups excluding carboxylic acids is 1. The Morgan fingerprint density at radius 1 is 1.29 bits per heavy atom. The Bertz CT molecular complexity index is 466. The molecule has 17 heavy (non-hydrogen) atoms. The third kappa shape index (κ3) is 2.75. The molecule has 0 spiro atoms. The van der Waals surface area contributed by atoms with Gasteiger partial charge in [-0.25, -0.2) is 0 Å². The fourth-order valence-corrected chi connectivity index (χ4v) is 1.86. The minimum absolute atomic E-state index is 0.339. The molecule has 0 bridgehead atoms. The van der Waals surface area contributed by atoms with E-state index in [1.54, 1.807) is 30.4 Å². The molecule has 0 heterocycles. The number of halogens is 1. The van der Waals surface area contributed by atoms with E-state index in [0.29, 0.717) is 5.69 Å². The van der Waals surface area contributed by atoms with Crippen molar-refractivity contribution in [3.05, 3.63) is 54.6 Å². The molecule has 0 aliphatic heterocycles. The molecule has 1 aliphatic carbocycles. The first-order chi connectivity index (χ1) is 8.09. The van der Waals surface area contributed by atoms with Crippen LogP contribution in [0.25, 0.3) is 0 Å². The van der Waals surface area contributed by atoms with Crippen molar-refractivity contribution in [3.8, 4) is 0 Å². The van der Waals surface area contributed by atoms with Gasteiger partial charge in [0.1, 0.15) is 5.92 Å². The van der Waals surface area contributed by atoms with Crippen LogP contribution in [0.2, 0.25) is 0 Å². The number of allylic oxidation sites excluding steroid dienone is 2. The zero-order chi connectivity index (χ0) is 12.3. The second kappa shape index (κ2) is 4.73. The lowest BCUT2D eigenvalue weighted by Gasteiger charge is -2.26. The van der Waals surface area contributed by atoms with E-state index in [1.807, 2.05) is 18.2 Å². The number of benzene rings is 1. The second-order valence-electron chi connectivity index (χ2n) is 3.80. The Kier molecular flexibility index (Phi) is 3.31. The quantitative estimate of drug-likeness (QED) is 0.790. The molecule has 0 radical (unpaired) electrons. The molecule has 88 valence electrons. The predicted octanol–water partition coefficient (Wildman–Crippen LogP) is 2.29. The lowest BCUT2D eigenvalue weighted by Crippen LogP contribution is -2.38. The zero-order valence-electron chi connectivity index (χ0n) is 9.01. The summed E-state index contributed by atoms with van der Waals surface area (Å²) in [4.78, 5) is 11.9. The maximum absolute atomic E-state index is 11.9. The van der Waals surface area contributed by atoms with Gasteiger partial charge in [-0.2, -0.15) is 0 Å². The van der Waals surface area contributed by atoms with E-state index >= 15 is 0 Å². The molecule has 4 heteroatoms. The summed E-state index contributed by atoms with van der Waals surface area (Å²) in [5.41, 5.74) is 0.674. The summed E-state index contributed by atoms with van der Waals surface area (Å²) < 4.78 is 0. The van der Waals surface area contributed by atoms with Crippen LogP contribution >= 0.6 is 11.6 Å². The molecule has 3 nitrogen and oxygen atoms in total. The van der Waals surface area contributed by atoms with E-state index in [9.17, 15) is 9.90 Å². The molecule has 1 aliphatic rings. The van der Waals surface area contributed by atoms with E-state index in [0.717, 1.165) is 0 Å². The van der Waals surface area contributed by atoms with E-state index in [2.05, 4.69) is 5.32 Å². The minimum Gasteiger partial charge on any atom is -0.370 e. The summed E-state index contributed by atoms with van der Waals surface area (Å²) in [7, 11) is 0. The molecule has 2 unspecified atom stereocenters. The summed E-state index contributed by atoms with van der Waals surface area (Å²) in [6.45, 7) is 0. The highest BCUT2D eigenvalue weighted by Gasteiger charge is 2.37. The molecule has 2 rings (SSSR count). The van der Waals surface area contributed by atoms with Crippen LogP contribution in [0.15, 0.2) is 54.6 Å². The number of alkyl halides is 1. The van der Waals surface area contributed by atoms with E-state index in [-0.39, 0.29) is 5.91 Å². The van der Waals surface area contributed by atoms with Crippen LogP contribution in [0, 0.1) is 5.92 Å². The largest absolute Gasteiger partial charge is 0.370 e. The second-order valence-corrected chi connectivity index (χ2v) is 4.41. The first-order valence-corrected chi connectivity index (χ1v) is 5.60. The van der Waals surface area contributed by atoms with Crippen LogP contribution in [-0.2, 0) is 4.79 Å². The highest BCUT2D eigenvalue weighted by molar-refractivity contribution is 6.26. The van der Waals surface area contributed by atoms with Gasteiger partial charge in [0.05, 0.1) is 0 Å². The number of anilines is 1. The number of rotatable bonds is 2. The molecule has 0 fully saturated rings. The van der Waals surface area contributed by atoms with Crippen molar-refractivity contribution in [1.29, 1.82) is 0 Å². The first-order valence-electron chi connectivity index (χ1n) is 5.23. The van der Waals surface area contributed by atoms with Gasteiger partial charge in [-0.15, -0.1) is 0 Å². The lowest BCUT2D eigenvalue weighted by atomic mass is 9.96. The molecule has 0 saturated heterocycles. The van der Waals surface area contributed by atoms with Crippen LogP contribution in [-0.4, -0.2) is 16.1 Å². The maximum atomic E-state index is 11.9. The number of aliphatic hydroxyl groups is 1. The zero-order valence-corrected chi connectivity index (χ0v) is 9.76. The Labute approximate surface area is 104 Å². The molecular formula is C13H12ClNO2. The van der Waals surface area contributed by atoms with Gasteiger partial charge < -0.3 is 10.4 Å². The summed E-state index contributed by atoms with van der Waals surface area (Å²) in [5, 5.41) is 10.9. The van der Waals surface area contributed by atoms with Crippen LogP contribution in [0.5, 0.6) is 0 Å². The van der Waals surface area contributed by atoms with Crippen molar-refractivity contribution in [2.45, 2.75) is 5.06 Å². The van der Waals surface area contributed by atoms with Crippen molar-refractivity contribution < 1.29 is 9.90 Å². The van der Waals surface area contributed by atoms with Crippen LogP contribution in [0.3, 0.4) is 0 Å². The predicted molar refractivity (Wildman–Crippen MR) is 67.6 cm³/mol. The molecular weight excluding hydrogens is 238 g/mol. The summed E-state index contributed by atoms with van der Waals surface area (Å²) in [6.07, 6.45) is 6.26. The van der Waals surface area contributed by atoms with Gasteiger partial charge in [0.25, 0.3) is 0 Å². The van der Waals surface area contributed by atoms with Gasteiger partial charge in [0.2, 0.25) is 5.91 Å². The standard InChI is InChI=1S/C13H12ClNO2/c14-13(17)9-5-4-8-11(13)12(16)15-10-6-2-1-3-7-10/h1-9,11,17H,(H,15,16). The van der Waals surface area contributed by atoms with Gasteiger partial charge in [0.15, 0.2) is 5.06 Å². The van der Waals surface area contributed by atoms with Crippen molar-refractivity contribution in [2.75, 3.05) is 5.32 Å². The summed E-state index contributed by atoms with van der Waals surface area (Å²) in [5.74, 6) is -1.14. The maximum Gasteiger partial charge on any atom is 0.235 e. The van der Waals surface area contributed by atoms with Crippen molar-refractivity contribution >= 4 is 23.2 Å². The van der Waals surface area contributed by atoms with E-state index in [4.69, 9.17) is 11.6 Å². The highest BCUT2D eigenvalue weighted by atomic mass is 35.5. The lowest BCUT2D eigenvalue weighted by molar-refractivity contribution is -0.121. The average molecular weight is 250 g/mol. The normalized spacial score (nSPS) is 26.8. The Morgan fingerprint density at radius 2 is 2.00 bits per heavy atom. The highest BCUT2D eigenvalue weighted by Crippen LogP contribution is 2.29. The molecule has 2 N–H and O–H groups in total. The summed E-state index contributed by atoms with van der Waals surface area (Å²) >= 11 is 5.86. The van der Waals surface area contributed by atoms with Crippen LogP contribution < -0.4 is 5.32 Å². The number of para-hydroxylation sites is 1. The Morgan fingerprint density at radius 3 is 2.65 bits per heavy atom. The van der Waals surface area contributed by atoms with Gasteiger partial charge in [-0.05, 0) is 18.2 Å². The molecule has 1 aromatic carbocycles. The Balaban J connectivity index is 2.11. The van der Waals surface area contributed by atoms with Crippen LogP contribution in [0.4, 0.5) is 5.69 Å². The number of hydrogen-bond donors (Lipinski definition) is 2. The summed E-state index contributed by atoms with van der Waals surface area (Å²) in [6, 6.07) is 9.04. The molecule has 1 amide bonds. The van der Waals surface area contributed by atoms with Gasteiger partial charge in [-0.1, -0.05) is 48.0 Å².